The highest BCUT2D eigenvalue weighted by molar-refractivity contribution is 8.14. The minimum atomic E-state index is -1.18. The van der Waals surface area contributed by atoms with E-state index >= 15 is 0 Å². The molecule has 2 rings (SSSR count). The number of hydrogen-bond acceptors (Lipinski definition) is 4. The van der Waals surface area contributed by atoms with Gasteiger partial charge in [-0.05, 0) is 36.2 Å². The first kappa shape index (κ1) is 22.4. The van der Waals surface area contributed by atoms with Gasteiger partial charge in [0, 0.05) is 5.71 Å². The van der Waals surface area contributed by atoms with Gasteiger partial charge in [0.2, 0.25) is 5.12 Å². The topological polar surface area (TPSA) is 66.7 Å². The molecule has 0 aliphatic carbocycles. The first-order chi connectivity index (χ1) is 13.5. The maximum absolute atomic E-state index is 13.0. The number of aliphatic carboxylic acids is 1. The molecule has 1 aromatic carbocycles. The molecule has 0 spiro atoms. The molecule has 152 valence electrons. The molecule has 0 saturated carbocycles. The Hall–Kier alpha value is -1.88. The van der Waals surface area contributed by atoms with E-state index in [0.717, 1.165) is 23.3 Å². The molecule has 0 amide bonds. The first-order valence-corrected chi connectivity index (χ1v) is 11.2. The fraction of sp³-hybridized carbons (Fsp3) is 0.522. The van der Waals surface area contributed by atoms with Gasteiger partial charge in [-0.3, -0.25) is 14.6 Å². The molecule has 1 N–H and O–H groups in total. The Bertz CT molecular complexity index is 769. The van der Waals surface area contributed by atoms with Crippen molar-refractivity contribution in [2.45, 2.75) is 65.8 Å². The summed E-state index contributed by atoms with van der Waals surface area (Å²) in [7, 11) is 0. The van der Waals surface area contributed by atoms with Crippen LogP contribution in [0.15, 0.2) is 46.5 Å². The summed E-state index contributed by atoms with van der Waals surface area (Å²) in [6, 6.07) is 9.16. The van der Waals surface area contributed by atoms with Crippen LogP contribution in [0.1, 0.15) is 71.4 Å². The van der Waals surface area contributed by atoms with E-state index in [9.17, 15) is 14.7 Å². The molecular weight excluding hydrogens is 370 g/mol. The van der Waals surface area contributed by atoms with Crippen molar-refractivity contribution in [3.8, 4) is 0 Å². The Kier molecular flexibility index (Phi) is 8.05. The summed E-state index contributed by atoms with van der Waals surface area (Å²) in [5.74, 6) is -0.216. The number of carbonyl (C=O) groups is 2. The van der Waals surface area contributed by atoms with E-state index in [0.29, 0.717) is 37.0 Å². The number of rotatable bonds is 9. The molecule has 1 heterocycles. The van der Waals surface area contributed by atoms with E-state index < -0.39 is 17.4 Å². The van der Waals surface area contributed by atoms with Crippen LogP contribution in [0.2, 0.25) is 0 Å². The van der Waals surface area contributed by atoms with Crippen molar-refractivity contribution < 1.29 is 14.7 Å². The quantitative estimate of drug-likeness (QED) is 0.564. The third-order valence-corrected chi connectivity index (χ3v) is 6.09. The highest BCUT2D eigenvalue weighted by atomic mass is 32.2. The molecule has 0 fully saturated rings. The highest BCUT2D eigenvalue weighted by Crippen LogP contribution is 2.53. The van der Waals surface area contributed by atoms with E-state index in [1.165, 1.54) is 11.8 Å². The minimum Gasteiger partial charge on any atom is -0.481 e. The van der Waals surface area contributed by atoms with Crippen LogP contribution in [0.5, 0.6) is 0 Å². The van der Waals surface area contributed by atoms with Crippen LogP contribution < -0.4 is 0 Å². The Morgan fingerprint density at radius 3 is 2.29 bits per heavy atom. The van der Waals surface area contributed by atoms with E-state index in [1.54, 1.807) is 0 Å². The van der Waals surface area contributed by atoms with Crippen molar-refractivity contribution in [3.05, 3.63) is 47.0 Å². The summed E-state index contributed by atoms with van der Waals surface area (Å²) >= 11 is 1.24. The fourth-order valence-electron chi connectivity index (χ4n) is 4.23. The summed E-state index contributed by atoms with van der Waals surface area (Å²) in [6.45, 7) is 7.96. The molecule has 2 unspecified atom stereocenters. The monoisotopic (exact) mass is 401 g/mol. The molecule has 2 atom stereocenters. The maximum Gasteiger partial charge on any atom is 0.316 e. The SMILES string of the molecule is CCCC1=C(C(=O)SCC)C(CC)=NC(c2ccccc2)C1(CCC)C(=O)O. The molecule has 28 heavy (non-hydrogen) atoms. The lowest BCUT2D eigenvalue weighted by Gasteiger charge is -2.42. The zero-order chi connectivity index (χ0) is 20.7. The van der Waals surface area contributed by atoms with Gasteiger partial charge in [-0.15, -0.1) is 0 Å². The van der Waals surface area contributed by atoms with Gasteiger partial charge >= 0.3 is 5.97 Å². The zero-order valence-electron chi connectivity index (χ0n) is 17.3. The summed E-state index contributed by atoms with van der Waals surface area (Å²) < 4.78 is 0. The summed E-state index contributed by atoms with van der Waals surface area (Å²) in [6.07, 6.45) is 3.18. The number of aliphatic imine (C=N–C) groups is 1. The van der Waals surface area contributed by atoms with E-state index in [2.05, 4.69) is 0 Å². The number of carbonyl (C=O) groups excluding carboxylic acids is 1. The van der Waals surface area contributed by atoms with Crippen molar-refractivity contribution in [2.24, 2.45) is 10.4 Å². The molecule has 1 aromatic rings. The minimum absolute atomic E-state index is 0.0419. The van der Waals surface area contributed by atoms with E-state index in [1.807, 2.05) is 58.0 Å². The molecular formula is C23H31NO3S. The molecule has 5 heteroatoms. The molecule has 0 bridgehead atoms. The molecule has 1 aliphatic rings. The van der Waals surface area contributed by atoms with Gasteiger partial charge in [-0.1, -0.05) is 82.6 Å². The van der Waals surface area contributed by atoms with Crippen LogP contribution in [-0.4, -0.2) is 27.7 Å². The maximum atomic E-state index is 13.0. The molecule has 1 aliphatic heterocycles. The van der Waals surface area contributed by atoms with Crippen LogP contribution in [0, 0.1) is 5.41 Å². The van der Waals surface area contributed by atoms with Crippen LogP contribution in [0.3, 0.4) is 0 Å². The van der Waals surface area contributed by atoms with Gasteiger partial charge in [-0.2, -0.15) is 0 Å². The summed E-state index contributed by atoms with van der Waals surface area (Å²) in [5.41, 5.74) is 1.81. The van der Waals surface area contributed by atoms with E-state index in [4.69, 9.17) is 4.99 Å². The van der Waals surface area contributed by atoms with E-state index in [-0.39, 0.29) is 5.12 Å². The lowest BCUT2D eigenvalue weighted by Crippen LogP contribution is -2.43. The van der Waals surface area contributed by atoms with Gasteiger partial charge in [0.25, 0.3) is 0 Å². The van der Waals surface area contributed by atoms with Crippen molar-refractivity contribution in [3.63, 3.8) is 0 Å². The number of nitrogens with zero attached hydrogens (tertiary/aromatic N) is 1. The standard InChI is InChI=1S/C23H31NO3S/c1-5-12-17-19(21(25)28-8-4)18(7-3)24-20(16-13-10-9-11-14-16)23(17,15-6-2)22(26)27/h9-11,13-14,20H,5-8,12,15H2,1-4H3,(H,26,27). The van der Waals surface area contributed by atoms with Crippen molar-refractivity contribution >= 4 is 28.6 Å². The third kappa shape index (κ3) is 4.09. The Balaban J connectivity index is 2.85. The summed E-state index contributed by atoms with van der Waals surface area (Å²) in [4.78, 5) is 30.8. The van der Waals surface area contributed by atoms with Crippen LogP contribution >= 0.6 is 11.8 Å². The number of carboxylic acids is 1. The second kappa shape index (κ2) is 10.1. The number of dihydropyridines is 1. The molecule has 4 nitrogen and oxygen atoms in total. The van der Waals surface area contributed by atoms with Gasteiger partial charge in [0.1, 0.15) is 5.41 Å². The smallest absolute Gasteiger partial charge is 0.316 e. The first-order valence-electron chi connectivity index (χ1n) is 10.2. The number of thioether (sulfide) groups is 1. The largest absolute Gasteiger partial charge is 0.481 e. The molecule has 0 saturated heterocycles. The van der Waals surface area contributed by atoms with Gasteiger partial charge in [0.05, 0.1) is 11.6 Å². The van der Waals surface area contributed by atoms with Crippen LogP contribution in [-0.2, 0) is 9.59 Å². The Morgan fingerprint density at radius 1 is 1.11 bits per heavy atom. The average molecular weight is 402 g/mol. The fourth-order valence-corrected chi connectivity index (χ4v) is 4.88. The zero-order valence-corrected chi connectivity index (χ0v) is 18.1. The second-order valence-corrected chi connectivity index (χ2v) is 8.33. The van der Waals surface area contributed by atoms with Crippen LogP contribution in [0.4, 0.5) is 0 Å². The molecule has 0 radical (unpaired) electrons. The summed E-state index contributed by atoms with van der Waals surface area (Å²) in [5, 5.41) is 10.5. The lowest BCUT2D eigenvalue weighted by atomic mass is 9.64. The second-order valence-electron chi connectivity index (χ2n) is 7.09. The molecule has 0 aromatic heterocycles. The van der Waals surface area contributed by atoms with Gasteiger partial charge in [0.15, 0.2) is 0 Å². The number of benzene rings is 1. The van der Waals surface area contributed by atoms with Crippen molar-refractivity contribution in [1.29, 1.82) is 0 Å². The normalized spacial score (nSPS) is 22.1. The van der Waals surface area contributed by atoms with Gasteiger partial charge in [-0.25, -0.2) is 0 Å². The van der Waals surface area contributed by atoms with Crippen LogP contribution in [0.25, 0.3) is 0 Å². The van der Waals surface area contributed by atoms with Crippen molar-refractivity contribution in [1.82, 2.24) is 0 Å². The predicted octanol–water partition coefficient (Wildman–Crippen LogP) is 5.84. The predicted molar refractivity (Wildman–Crippen MR) is 117 cm³/mol. The highest BCUT2D eigenvalue weighted by Gasteiger charge is 2.53. The number of hydrogen-bond donors (Lipinski definition) is 1. The Morgan fingerprint density at radius 2 is 1.79 bits per heavy atom. The average Bonchev–Trinajstić information content (AvgIpc) is 2.69. The number of carboxylic acid groups (broad SMARTS) is 1. The van der Waals surface area contributed by atoms with Gasteiger partial charge < -0.3 is 5.11 Å². The third-order valence-electron chi connectivity index (χ3n) is 5.34. The lowest BCUT2D eigenvalue weighted by molar-refractivity contribution is -0.148. The Labute approximate surface area is 172 Å². The van der Waals surface area contributed by atoms with Crippen molar-refractivity contribution in [2.75, 3.05) is 5.75 Å².